The quantitative estimate of drug-likeness (QED) is 0.922. The van der Waals surface area contributed by atoms with E-state index >= 15 is 0 Å². The summed E-state index contributed by atoms with van der Waals surface area (Å²) in [5.74, 6) is -0.0366. The van der Waals surface area contributed by atoms with E-state index in [-0.39, 0.29) is 5.91 Å². The summed E-state index contributed by atoms with van der Waals surface area (Å²) in [5, 5.41) is 7.59. The molecule has 1 N–H and O–H groups in total. The first-order valence-electron chi connectivity index (χ1n) is 5.68. The fourth-order valence-electron chi connectivity index (χ4n) is 1.56. The summed E-state index contributed by atoms with van der Waals surface area (Å²) < 4.78 is 1.76. The number of anilines is 1. The lowest BCUT2D eigenvalue weighted by molar-refractivity contribution is -0.116. The normalized spacial score (nSPS) is 10.3. The van der Waals surface area contributed by atoms with Crippen LogP contribution in [0.5, 0.6) is 0 Å². The Bertz CT molecular complexity index is 533. The molecule has 2 rings (SSSR count). The highest BCUT2D eigenvalue weighted by Crippen LogP contribution is 2.13. The van der Waals surface area contributed by atoms with Crippen LogP contribution in [0.1, 0.15) is 12.0 Å². The monoisotopic (exact) mass is 263 g/mol. The Labute approximate surface area is 111 Å². The van der Waals surface area contributed by atoms with Gasteiger partial charge < -0.3 is 5.32 Å². The Kier molecular flexibility index (Phi) is 3.99. The summed E-state index contributed by atoms with van der Waals surface area (Å²) in [7, 11) is 0. The summed E-state index contributed by atoms with van der Waals surface area (Å²) in [6.45, 7) is 2.55. The van der Waals surface area contributed by atoms with Gasteiger partial charge in [-0.25, -0.2) is 0 Å². The predicted molar refractivity (Wildman–Crippen MR) is 71.7 cm³/mol. The van der Waals surface area contributed by atoms with Crippen LogP contribution in [0, 0.1) is 6.92 Å². The van der Waals surface area contributed by atoms with Gasteiger partial charge in [-0.05, 0) is 36.8 Å². The van der Waals surface area contributed by atoms with Gasteiger partial charge in [0.1, 0.15) is 0 Å². The highest BCUT2D eigenvalue weighted by molar-refractivity contribution is 6.30. The number of benzene rings is 1. The molecule has 1 aromatic heterocycles. The number of nitrogens with one attached hydrogen (secondary N) is 1. The van der Waals surface area contributed by atoms with Crippen LogP contribution in [0.4, 0.5) is 5.69 Å². The highest BCUT2D eigenvalue weighted by Gasteiger charge is 2.03. The van der Waals surface area contributed by atoms with E-state index in [0.717, 1.165) is 11.3 Å². The van der Waals surface area contributed by atoms with Crippen LogP contribution in [0.2, 0.25) is 5.02 Å². The predicted octanol–water partition coefficient (Wildman–Crippen LogP) is 2.87. The Morgan fingerprint density at radius 3 is 2.72 bits per heavy atom. The molecule has 0 radical (unpaired) electrons. The van der Waals surface area contributed by atoms with Crippen molar-refractivity contribution in [1.82, 2.24) is 9.78 Å². The molecule has 1 amide bonds. The second-order valence-electron chi connectivity index (χ2n) is 4.09. The zero-order valence-electron chi connectivity index (χ0n) is 10.1. The molecule has 0 saturated heterocycles. The van der Waals surface area contributed by atoms with E-state index in [1.165, 1.54) is 0 Å². The number of nitrogens with zero attached hydrogens (tertiary/aromatic N) is 2. The van der Waals surface area contributed by atoms with Crippen molar-refractivity contribution < 1.29 is 4.79 Å². The minimum Gasteiger partial charge on any atom is -0.326 e. The number of hydrogen-bond acceptors (Lipinski definition) is 2. The molecule has 0 spiro atoms. The van der Waals surface area contributed by atoms with Crippen molar-refractivity contribution in [2.24, 2.45) is 0 Å². The van der Waals surface area contributed by atoms with Crippen LogP contribution in [0.3, 0.4) is 0 Å². The molecule has 0 aliphatic carbocycles. The summed E-state index contributed by atoms with van der Waals surface area (Å²) in [6.07, 6.45) is 4.08. The molecule has 1 heterocycles. The number of amides is 1. The molecular weight excluding hydrogens is 250 g/mol. The third-order valence-corrected chi connectivity index (χ3v) is 2.71. The van der Waals surface area contributed by atoms with E-state index in [0.29, 0.717) is 18.0 Å². The number of rotatable bonds is 4. The lowest BCUT2D eigenvalue weighted by atomic mass is 10.3. The van der Waals surface area contributed by atoms with Crippen LogP contribution in [0.15, 0.2) is 36.7 Å². The van der Waals surface area contributed by atoms with Crippen molar-refractivity contribution in [3.8, 4) is 0 Å². The van der Waals surface area contributed by atoms with Crippen LogP contribution < -0.4 is 5.32 Å². The first-order valence-corrected chi connectivity index (χ1v) is 6.06. The molecule has 0 saturated carbocycles. The molecule has 0 atom stereocenters. The molecule has 1 aromatic carbocycles. The molecular formula is C13H14ClN3O. The summed E-state index contributed by atoms with van der Waals surface area (Å²) in [6, 6.07) is 7.04. The van der Waals surface area contributed by atoms with Gasteiger partial charge in [0.05, 0.1) is 6.20 Å². The lowest BCUT2D eigenvalue weighted by Gasteiger charge is -2.05. The topological polar surface area (TPSA) is 46.9 Å². The van der Waals surface area contributed by atoms with Gasteiger partial charge in [0, 0.05) is 29.9 Å². The number of carbonyl (C=O) groups excluding carboxylic acids is 1. The van der Waals surface area contributed by atoms with E-state index in [9.17, 15) is 4.79 Å². The van der Waals surface area contributed by atoms with Gasteiger partial charge in [0.25, 0.3) is 0 Å². The van der Waals surface area contributed by atoms with Crippen molar-refractivity contribution in [1.29, 1.82) is 0 Å². The van der Waals surface area contributed by atoms with Gasteiger partial charge in [0.2, 0.25) is 5.91 Å². The van der Waals surface area contributed by atoms with E-state index in [1.807, 2.05) is 13.1 Å². The second-order valence-corrected chi connectivity index (χ2v) is 4.52. The minimum absolute atomic E-state index is 0.0366. The highest BCUT2D eigenvalue weighted by atomic mass is 35.5. The van der Waals surface area contributed by atoms with Crippen LogP contribution in [0.25, 0.3) is 0 Å². The van der Waals surface area contributed by atoms with Gasteiger partial charge in [-0.2, -0.15) is 5.10 Å². The third-order valence-electron chi connectivity index (χ3n) is 2.46. The summed E-state index contributed by atoms with van der Waals surface area (Å²) >= 11 is 5.77. The van der Waals surface area contributed by atoms with E-state index < -0.39 is 0 Å². The van der Waals surface area contributed by atoms with Gasteiger partial charge in [-0.3, -0.25) is 9.48 Å². The molecule has 94 valence electrons. The van der Waals surface area contributed by atoms with Crippen LogP contribution in [-0.2, 0) is 11.3 Å². The van der Waals surface area contributed by atoms with E-state index in [4.69, 9.17) is 11.6 Å². The standard InChI is InChI=1S/C13H14ClN3O/c1-10-8-15-17(9-10)7-6-13(18)16-12-4-2-11(14)3-5-12/h2-5,8-9H,6-7H2,1H3,(H,16,18). The van der Waals surface area contributed by atoms with Gasteiger partial charge in [-0.15, -0.1) is 0 Å². The summed E-state index contributed by atoms with van der Waals surface area (Å²) in [4.78, 5) is 11.7. The number of aromatic nitrogens is 2. The van der Waals surface area contributed by atoms with Crippen molar-refractivity contribution >= 4 is 23.2 Å². The average molecular weight is 264 g/mol. The Hall–Kier alpha value is -1.81. The zero-order valence-corrected chi connectivity index (χ0v) is 10.8. The largest absolute Gasteiger partial charge is 0.326 e. The molecule has 0 aliphatic heterocycles. The van der Waals surface area contributed by atoms with E-state index in [1.54, 1.807) is 35.1 Å². The maximum Gasteiger partial charge on any atom is 0.226 e. The van der Waals surface area contributed by atoms with Crippen LogP contribution >= 0.6 is 11.6 Å². The molecule has 18 heavy (non-hydrogen) atoms. The second kappa shape index (κ2) is 5.69. The van der Waals surface area contributed by atoms with Crippen molar-refractivity contribution in [3.05, 3.63) is 47.2 Å². The number of halogens is 1. The molecule has 0 unspecified atom stereocenters. The van der Waals surface area contributed by atoms with Gasteiger partial charge in [-0.1, -0.05) is 11.6 Å². The first kappa shape index (κ1) is 12.6. The number of hydrogen-bond donors (Lipinski definition) is 1. The van der Waals surface area contributed by atoms with E-state index in [2.05, 4.69) is 10.4 Å². The summed E-state index contributed by atoms with van der Waals surface area (Å²) in [5.41, 5.74) is 1.84. The maximum atomic E-state index is 11.7. The number of aryl methyl sites for hydroxylation is 2. The molecule has 0 fully saturated rings. The van der Waals surface area contributed by atoms with Crippen molar-refractivity contribution in [2.45, 2.75) is 19.9 Å². The third kappa shape index (κ3) is 3.60. The molecule has 4 nitrogen and oxygen atoms in total. The lowest BCUT2D eigenvalue weighted by Crippen LogP contribution is -2.14. The van der Waals surface area contributed by atoms with Gasteiger partial charge >= 0.3 is 0 Å². The Morgan fingerprint density at radius 2 is 2.11 bits per heavy atom. The molecule has 0 bridgehead atoms. The molecule has 0 aliphatic rings. The smallest absolute Gasteiger partial charge is 0.226 e. The minimum atomic E-state index is -0.0366. The number of carbonyl (C=O) groups is 1. The van der Waals surface area contributed by atoms with Crippen molar-refractivity contribution in [3.63, 3.8) is 0 Å². The molecule has 5 heteroatoms. The average Bonchev–Trinajstić information content (AvgIpc) is 2.76. The fourth-order valence-corrected chi connectivity index (χ4v) is 1.69. The Morgan fingerprint density at radius 1 is 1.39 bits per heavy atom. The van der Waals surface area contributed by atoms with Gasteiger partial charge in [0.15, 0.2) is 0 Å². The fraction of sp³-hybridized carbons (Fsp3) is 0.231. The Balaban J connectivity index is 1.83. The SMILES string of the molecule is Cc1cnn(CCC(=O)Nc2ccc(Cl)cc2)c1. The molecule has 2 aromatic rings. The van der Waals surface area contributed by atoms with Crippen molar-refractivity contribution in [2.75, 3.05) is 5.32 Å². The van der Waals surface area contributed by atoms with Crippen LogP contribution in [-0.4, -0.2) is 15.7 Å². The first-order chi connectivity index (χ1) is 8.63. The zero-order chi connectivity index (χ0) is 13.0. The maximum absolute atomic E-state index is 11.7.